The van der Waals surface area contributed by atoms with Crippen LogP contribution in [0.1, 0.15) is 24.5 Å². The number of amides is 1. The molecule has 0 saturated carbocycles. The van der Waals surface area contributed by atoms with E-state index >= 15 is 0 Å². The molecule has 118 valence electrons. The van der Waals surface area contributed by atoms with Crippen LogP contribution in [0.4, 0.5) is 5.69 Å². The van der Waals surface area contributed by atoms with Gasteiger partial charge >= 0.3 is 0 Å². The van der Waals surface area contributed by atoms with Crippen molar-refractivity contribution in [3.63, 3.8) is 0 Å². The highest BCUT2D eigenvalue weighted by molar-refractivity contribution is 5.99. The second kappa shape index (κ2) is 7.09. The Labute approximate surface area is 136 Å². The van der Waals surface area contributed by atoms with Gasteiger partial charge in [0.1, 0.15) is 0 Å². The highest BCUT2D eigenvalue weighted by Crippen LogP contribution is 2.26. The molecule has 0 atom stereocenters. The fourth-order valence-electron chi connectivity index (χ4n) is 2.87. The molecule has 2 aromatic carbocycles. The Hall–Kier alpha value is -2.62. The molecule has 0 unspecified atom stereocenters. The summed E-state index contributed by atoms with van der Waals surface area (Å²) in [5, 5.41) is 4.21. The molecule has 1 heterocycles. The monoisotopic (exact) mass is 307 g/mol. The Kier molecular flexibility index (Phi) is 4.71. The van der Waals surface area contributed by atoms with Gasteiger partial charge in [-0.25, -0.2) is 5.43 Å². The molecule has 0 saturated heterocycles. The molecule has 1 N–H and O–H groups in total. The Morgan fingerprint density at radius 1 is 1.13 bits per heavy atom. The number of hydrazone groups is 1. The van der Waals surface area contributed by atoms with E-state index in [2.05, 4.69) is 33.6 Å². The number of para-hydroxylation sites is 1. The first-order valence-corrected chi connectivity index (χ1v) is 7.95. The standard InChI is InChI=1S/C19H21N3O/c1-15(16-8-3-2-4-9-16)20-21-19(23)14-22-13-7-11-17-10-5-6-12-18(17)22/h2-6,8-10,12H,7,11,13-14H2,1H3,(H,21,23)/b20-15-. The van der Waals surface area contributed by atoms with Crippen molar-refractivity contribution in [1.82, 2.24) is 5.43 Å². The number of aryl methyl sites for hydroxylation is 1. The number of anilines is 1. The summed E-state index contributed by atoms with van der Waals surface area (Å²) in [6.07, 6.45) is 2.16. The molecule has 0 aliphatic carbocycles. The van der Waals surface area contributed by atoms with Crippen molar-refractivity contribution in [2.24, 2.45) is 5.10 Å². The SMILES string of the molecule is C/C(=N/NC(=O)CN1CCCc2ccccc21)c1ccccc1. The highest BCUT2D eigenvalue weighted by atomic mass is 16.2. The van der Waals surface area contributed by atoms with Crippen molar-refractivity contribution in [2.45, 2.75) is 19.8 Å². The topological polar surface area (TPSA) is 44.7 Å². The average molecular weight is 307 g/mol. The van der Waals surface area contributed by atoms with Gasteiger partial charge in [-0.1, -0.05) is 48.5 Å². The van der Waals surface area contributed by atoms with Gasteiger partial charge in [-0.3, -0.25) is 4.79 Å². The summed E-state index contributed by atoms with van der Waals surface area (Å²) in [4.78, 5) is 14.3. The molecule has 4 heteroatoms. The predicted molar refractivity (Wildman–Crippen MR) is 93.8 cm³/mol. The molecule has 0 fully saturated rings. The molecule has 0 bridgehead atoms. The molecule has 1 aliphatic heterocycles. The number of fused-ring (bicyclic) bond motifs is 1. The molecule has 4 nitrogen and oxygen atoms in total. The third kappa shape index (κ3) is 3.77. The van der Waals surface area contributed by atoms with Crippen molar-refractivity contribution < 1.29 is 4.79 Å². The molecule has 1 amide bonds. The fraction of sp³-hybridized carbons (Fsp3) is 0.263. The maximum absolute atomic E-state index is 12.2. The summed E-state index contributed by atoms with van der Waals surface area (Å²) in [6, 6.07) is 18.1. The normalized spacial score (nSPS) is 14.3. The zero-order valence-corrected chi connectivity index (χ0v) is 13.3. The summed E-state index contributed by atoms with van der Waals surface area (Å²) < 4.78 is 0. The van der Waals surface area contributed by atoms with E-state index in [9.17, 15) is 4.79 Å². The van der Waals surface area contributed by atoms with Gasteiger partial charge in [0.25, 0.3) is 5.91 Å². The van der Waals surface area contributed by atoms with Gasteiger partial charge in [0.2, 0.25) is 0 Å². The van der Waals surface area contributed by atoms with Gasteiger partial charge in [0, 0.05) is 12.2 Å². The van der Waals surface area contributed by atoms with Gasteiger partial charge in [-0.2, -0.15) is 5.10 Å². The van der Waals surface area contributed by atoms with E-state index in [0.29, 0.717) is 6.54 Å². The molecule has 2 aromatic rings. The lowest BCUT2D eigenvalue weighted by molar-refractivity contribution is -0.119. The van der Waals surface area contributed by atoms with Crippen LogP contribution in [0.15, 0.2) is 59.7 Å². The second-order valence-corrected chi connectivity index (χ2v) is 5.75. The summed E-state index contributed by atoms with van der Waals surface area (Å²) in [5.41, 5.74) is 6.96. The Morgan fingerprint density at radius 3 is 2.70 bits per heavy atom. The number of rotatable bonds is 4. The molecule has 1 aliphatic rings. The molecular weight excluding hydrogens is 286 g/mol. The number of carbonyl (C=O) groups is 1. The molecule has 0 radical (unpaired) electrons. The van der Waals surface area contributed by atoms with Crippen LogP contribution in [0.5, 0.6) is 0 Å². The molecule has 23 heavy (non-hydrogen) atoms. The number of carbonyl (C=O) groups excluding carboxylic acids is 1. The molecule has 0 spiro atoms. The zero-order chi connectivity index (χ0) is 16.1. The maximum Gasteiger partial charge on any atom is 0.259 e. The minimum atomic E-state index is -0.0861. The second-order valence-electron chi connectivity index (χ2n) is 5.75. The minimum absolute atomic E-state index is 0.0861. The fourth-order valence-corrected chi connectivity index (χ4v) is 2.87. The third-order valence-corrected chi connectivity index (χ3v) is 4.08. The number of hydrogen-bond acceptors (Lipinski definition) is 3. The Bertz CT molecular complexity index is 710. The van der Waals surface area contributed by atoms with Gasteiger partial charge in [-0.15, -0.1) is 0 Å². The number of nitrogens with one attached hydrogen (secondary N) is 1. The van der Waals surface area contributed by atoms with Crippen molar-refractivity contribution in [1.29, 1.82) is 0 Å². The third-order valence-electron chi connectivity index (χ3n) is 4.08. The first kappa shape index (κ1) is 15.3. The van der Waals surface area contributed by atoms with Crippen molar-refractivity contribution in [2.75, 3.05) is 18.0 Å². The summed E-state index contributed by atoms with van der Waals surface area (Å²) >= 11 is 0. The molecule has 3 rings (SSSR count). The van der Waals surface area contributed by atoms with Crippen LogP contribution in [0.3, 0.4) is 0 Å². The van der Waals surface area contributed by atoms with E-state index in [1.165, 1.54) is 5.56 Å². The summed E-state index contributed by atoms with van der Waals surface area (Å²) in [5.74, 6) is -0.0861. The Morgan fingerprint density at radius 2 is 1.87 bits per heavy atom. The maximum atomic E-state index is 12.2. The van der Waals surface area contributed by atoms with E-state index in [-0.39, 0.29) is 5.91 Å². The van der Waals surface area contributed by atoms with E-state index in [4.69, 9.17) is 0 Å². The van der Waals surface area contributed by atoms with Crippen molar-refractivity contribution in [3.05, 3.63) is 65.7 Å². The zero-order valence-electron chi connectivity index (χ0n) is 13.3. The van der Waals surface area contributed by atoms with E-state index in [0.717, 1.165) is 36.3 Å². The van der Waals surface area contributed by atoms with Crippen LogP contribution in [0.25, 0.3) is 0 Å². The van der Waals surface area contributed by atoms with Crippen LogP contribution < -0.4 is 10.3 Å². The molecule has 0 aromatic heterocycles. The Balaban J connectivity index is 1.62. The van der Waals surface area contributed by atoms with Crippen LogP contribution in [-0.4, -0.2) is 24.7 Å². The largest absolute Gasteiger partial charge is 0.362 e. The number of nitrogens with zero attached hydrogens (tertiary/aromatic N) is 2. The quantitative estimate of drug-likeness (QED) is 0.697. The van der Waals surface area contributed by atoms with Crippen LogP contribution in [0, 0.1) is 0 Å². The van der Waals surface area contributed by atoms with E-state index < -0.39 is 0 Å². The number of hydrogen-bond donors (Lipinski definition) is 1. The highest BCUT2D eigenvalue weighted by Gasteiger charge is 2.18. The van der Waals surface area contributed by atoms with Crippen LogP contribution >= 0.6 is 0 Å². The lowest BCUT2D eigenvalue weighted by Crippen LogP contribution is -2.38. The predicted octanol–water partition coefficient (Wildman–Crippen LogP) is 2.98. The summed E-state index contributed by atoms with van der Waals surface area (Å²) in [6.45, 7) is 3.14. The van der Waals surface area contributed by atoms with Gasteiger partial charge in [-0.05, 0) is 37.0 Å². The lowest BCUT2D eigenvalue weighted by atomic mass is 10.0. The van der Waals surface area contributed by atoms with Crippen LogP contribution in [0.2, 0.25) is 0 Å². The first-order chi connectivity index (χ1) is 11.2. The van der Waals surface area contributed by atoms with E-state index in [1.807, 2.05) is 43.3 Å². The average Bonchev–Trinajstić information content (AvgIpc) is 2.61. The van der Waals surface area contributed by atoms with Crippen molar-refractivity contribution >= 4 is 17.3 Å². The van der Waals surface area contributed by atoms with Crippen LogP contribution in [-0.2, 0) is 11.2 Å². The first-order valence-electron chi connectivity index (χ1n) is 7.95. The number of benzene rings is 2. The van der Waals surface area contributed by atoms with E-state index in [1.54, 1.807) is 0 Å². The summed E-state index contributed by atoms with van der Waals surface area (Å²) in [7, 11) is 0. The minimum Gasteiger partial charge on any atom is -0.362 e. The van der Waals surface area contributed by atoms with Crippen molar-refractivity contribution in [3.8, 4) is 0 Å². The van der Waals surface area contributed by atoms with Gasteiger partial charge < -0.3 is 4.90 Å². The van der Waals surface area contributed by atoms with Gasteiger partial charge in [0.15, 0.2) is 0 Å². The lowest BCUT2D eigenvalue weighted by Gasteiger charge is -2.30. The molecular formula is C19H21N3O. The smallest absolute Gasteiger partial charge is 0.259 e. The van der Waals surface area contributed by atoms with Gasteiger partial charge in [0.05, 0.1) is 12.3 Å².